The maximum atomic E-state index is 12.2. The first-order valence-electron chi connectivity index (χ1n) is 11.1. The number of carbonyl (C=O) groups is 1. The topological polar surface area (TPSA) is 80.7 Å². The van der Waals surface area contributed by atoms with Crippen LogP contribution in [0.3, 0.4) is 0 Å². The summed E-state index contributed by atoms with van der Waals surface area (Å²) in [4.78, 5) is 18.9. The minimum Gasteiger partial charge on any atom is -0.495 e. The van der Waals surface area contributed by atoms with E-state index in [1.54, 1.807) is 13.3 Å². The Morgan fingerprint density at radius 1 is 1.21 bits per heavy atom. The van der Waals surface area contributed by atoms with E-state index < -0.39 is 0 Å². The number of hydrogen-bond donors (Lipinski definition) is 2. The van der Waals surface area contributed by atoms with Gasteiger partial charge >= 0.3 is 0 Å². The van der Waals surface area contributed by atoms with Crippen LogP contribution < -0.4 is 20.3 Å². The van der Waals surface area contributed by atoms with Crippen molar-refractivity contribution in [2.45, 2.75) is 32.0 Å². The summed E-state index contributed by atoms with van der Waals surface area (Å²) in [5.41, 5.74) is 3.38. The highest BCUT2D eigenvalue weighted by Gasteiger charge is 2.42. The van der Waals surface area contributed by atoms with Gasteiger partial charge in [0.25, 0.3) is 0 Å². The summed E-state index contributed by atoms with van der Waals surface area (Å²) in [6.45, 7) is 4.26. The van der Waals surface area contributed by atoms with Crippen molar-refractivity contribution in [2.24, 2.45) is 0 Å². The van der Waals surface area contributed by atoms with Crippen molar-refractivity contribution in [1.29, 1.82) is 0 Å². The molecule has 0 bridgehead atoms. The van der Waals surface area contributed by atoms with Gasteiger partial charge in [0.2, 0.25) is 5.91 Å². The van der Waals surface area contributed by atoms with Gasteiger partial charge in [0.05, 0.1) is 24.5 Å². The number of nitrogens with one attached hydrogen (secondary N) is 2. The molecule has 34 heavy (non-hydrogen) atoms. The van der Waals surface area contributed by atoms with Crippen LogP contribution in [-0.4, -0.2) is 41.4 Å². The molecule has 1 saturated heterocycles. The summed E-state index contributed by atoms with van der Waals surface area (Å²) in [5, 5.41) is 6.92. The van der Waals surface area contributed by atoms with E-state index in [1.165, 1.54) is 7.11 Å². The first kappa shape index (κ1) is 23.7. The molecule has 0 radical (unpaired) electrons. The number of rotatable bonds is 8. The normalized spacial score (nSPS) is 17.7. The molecule has 0 spiro atoms. The maximum absolute atomic E-state index is 12.2. The molecule has 178 valence electrons. The molecule has 1 aliphatic rings. The standard InChI is InChI=1S/C25H29N5O3S/c1-16(2)29-13-7-9-20(29)24-23(18-8-5-6-12-26-18)28-25(34)30(24)17-10-11-21(33-4)19(14-17)27-22(31)15-32-3/h5-14,16,23-24H,15H2,1-4H3,(H,27,31)(H,28,34)/t23-,24+/m0/s1. The summed E-state index contributed by atoms with van der Waals surface area (Å²) >= 11 is 5.83. The number of hydrogen-bond acceptors (Lipinski definition) is 5. The van der Waals surface area contributed by atoms with Crippen LogP contribution in [0.15, 0.2) is 60.9 Å². The SMILES string of the molecule is COCC(=O)Nc1cc(N2C(=S)N[C@@H](c3ccccn3)[C@H]2c2cccn2C(C)C)ccc1OC. The molecule has 2 atom stereocenters. The number of aromatic nitrogens is 2. The Hall–Kier alpha value is -3.43. The van der Waals surface area contributed by atoms with E-state index in [1.807, 2.05) is 36.4 Å². The van der Waals surface area contributed by atoms with Crippen LogP contribution in [0.5, 0.6) is 5.75 Å². The quantitative estimate of drug-likeness (QED) is 0.468. The van der Waals surface area contributed by atoms with Crippen LogP contribution in [0, 0.1) is 0 Å². The fourth-order valence-corrected chi connectivity index (χ4v) is 4.67. The van der Waals surface area contributed by atoms with E-state index in [-0.39, 0.29) is 30.6 Å². The van der Waals surface area contributed by atoms with Crippen LogP contribution in [-0.2, 0) is 9.53 Å². The molecule has 1 fully saturated rings. The lowest BCUT2D eigenvalue weighted by Gasteiger charge is -2.30. The highest BCUT2D eigenvalue weighted by atomic mass is 32.1. The number of amides is 1. The van der Waals surface area contributed by atoms with Crippen LogP contribution in [0.25, 0.3) is 0 Å². The van der Waals surface area contributed by atoms with Crippen molar-refractivity contribution >= 4 is 34.6 Å². The van der Waals surface area contributed by atoms with E-state index in [4.69, 9.17) is 21.7 Å². The number of carbonyl (C=O) groups excluding carboxylic acids is 1. The second kappa shape index (κ2) is 10.2. The molecule has 3 aromatic rings. The molecule has 3 heterocycles. The van der Waals surface area contributed by atoms with Gasteiger partial charge in [0, 0.05) is 36.9 Å². The van der Waals surface area contributed by atoms with E-state index in [0.717, 1.165) is 17.1 Å². The van der Waals surface area contributed by atoms with E-state index in [2.05, 4.69) is 57.3 Å². The minimum absolute atomic E-state index is 0.0522. The smallest absolute Gasteiger partial charge is 0.250 e. The largest absolute Gasteiger partial charge is 0.495 e. The van der Waals surface area contributed by atoms with Gasteiger partial charge in [-0.15, -0.1) is 0 Å². The van der Waals surface area contributed by atoms with Gasteiger partial charge in [0.15, 0.2) is 5.11 Å². The molecule has 1 aliphatic heterocycles. The van der Waals surface area contributed by atoms with Crippen LogP contribution in [0.4, 0.5) is 11.4 Å². The van der Waals surface area contributed by atoms with Crippen LogP contribution in [0.1, 0.15) is 43.4 Å². The summed E-state index contributed by atoms with van der Waals surface area (Å²) < 4.78 is 12.7. The van der Waals surface area contributed by atoms with Gasteiger partial charge in [-0.3, -0.25) is 9.78 Å². The van der Waals surface area contributed by atoms with Crippen molar-refractivity contribution < 1.29 is 14.3 Å². The highest BCUT2D eigenvalue weighted by Crippen LogP contribution is 2.43. The second-order valence-corrected chi connectivity index (χ2v) is 8.68. The van der Waals surface area contributed by atoms with E-state index in [9.17, 15) is 4.79 Å². The van der Waals surface area contributed by atoms with E-state index in [0.29, 0.717) is 16.5 Å². The Labute approximate surface area is 204 Å². The average Bonchev–Trinajstić information content (AvgIpc) is 3.44. The molecule has 1 aromatic carbocycles. The Kier molecular flexibility index (Phi) is 7.14. The Morgan fingerprint density at radius 3 is 2.71 bits per heavy atom. The van der Waals surface area contributed by atoms with E-state index >= 15 is 0 Å². The third-order valence-electron chi connectivity index (χ3n) is 5.78. The number of pyridine rings is 1. The van der Waals surface area contributed by atoms with Gasteiger partial charge < -0.3 is 29.6 Å². The molecule has 2 N–H and O–H groups in total. The van der Waals surface area contributed by atoms with Crippen molar-refractivity contribution in [3.63, 3.8) is 0 Å². The number of thiocarbonyl (C=S) groups is 1. The third-order valence-corrected chi connectivity index (χ3v) is 6.09. The third kappa shape index (κ3) is 4.62. The second-order valence-electron chi connectivity index (χ2n) is 8.30. The van der Waals surface area contributed by atoms with Gasteiger partial charge in [-0.25, -0.2) is 0 Å². The number of anilines is 2. The predicted molar refractivity (Wildman–Crippen MR) is 136 cm³/mol. The first-order chi connectivity index (χ1) is 16.4. The fourth-order valence-electron chi connectivity index (χ4n) is 4.32. The van der Waals surface area contributed by atoms with Crippen molar-refractivity contribution in [1.82, 2.24) is 14.9 Å². The van der Waals surface area contributed by atoms with Crippen molar-refractivity contribution in [3.8, 4) is 5.75 Å². The summed E-state index contributed by atoms with van der Waals surface area (Å²) in [6, 6.07) is 15.6. The molecule has 4 rings (SSSR count). The van der Waals surface area contributed by atoms with Gasteiger partial charge in [0.1, 0.15) is 18.4 Å². The zero-order valence-electron chi connectivity index (χ0n) is 19.7. The molecule has 0 unspecified atom stereocenters. The minimum atomic E-state index is -0.267. The Balaban J connectivity index is 1.81. The Morgan fingerprint density at radius 2 is 2.03 bits per heavy atom. The predicted octanol–water partition coefficient (Wildman–Crippen LogP) is 4.23. The zero-order chi connectivity index (χ0) is 24.2. The number of ether oxygens (including phenoxy) is 2. The maximum Gasteiger partial charge on any atom is 0.250 e. The molecule has 0 aliphatic carbocycles. The summed E-state index contributed by atoms with van der Waals surface area (Å²) in [5.74, 6) is 0.284. The van der Waals surface area contributed by atoms with Gasteiger partial charge in [-0.2, -0.15) is 0 Å². The average molecular weight is 480 g/mol. The fraction of sp³-hybridized carbons (Fsp3) is 0.320. The van der Waals surface area contributed by atoms with Crippen molar-refractivity contribution in [2.75, 3.05) is 31.0 Å². The number of methoxy groups -OCH3 is 2. The lowest BCUT2D eigenvalue weighted by atomic mass is 10.0. The summed E-state index contributed by atoms with van der Waals surface area (Å²) in [7, 11) is 3.05. The molecule has 1 amide bonds. The van der Waals surface area contributed by atoms with Crippen LogP contribution >= 0.6 is 12.2 Å². The number of nitrogens with zero attached hydrogens (tertiary/aromatic N) is 3. The lowest BCUT2D eigenvalue weighted by molar-refractivity contribution is -0.119. The highest BCUT2D eigenvalue weighted by molar-refractivity contribution is 7.80. The van der Waals surface area contributed by atoms with Crippen molar-refractivity contribution in [3.05, 3.63) is 72.3 Å². The van der Waals surface area contributed by atoms with Crippen LogP contribution in [0.2, 0.25) is 0 Å². The number of benzene rings is 1. The van der Waals surface area contributed by atoms with Gasteiger partial charge in [-0.1, -0.05) is 6.07 Å². The summed E-state index contributed by atoms with van der Waals surface area (Å²) in [6.07, 6.45) is 3.87. The lowest BCUT2D eigenvalue weighted by Crippen LogP contribution is -2.30. The Bertz CT molecular complexity index is 1160. The zero-order valence-corrected chi connectivity index (χ0v) is 20.5. The molecular weight excluding hydrogens is 450 g/mol. The molecule has 2 aromatic heterocycles. The molecule has 0 saturated carbocycles. The molecular formula is C25H29N5O3S. The molecule has 8 nitrogen and oxygen atoms in total. The van der Waals surface area contributed by atoms with Gasteiger partial charge in [-0.05, 0) is 68.5 Å². The monoisotopic (exact) mass is 479 g/mol. The molecule has 9 heteroatoms. The first-order valence-corrected chi connectivity index (χ1v) is 11.5.